The third-order valence-electron chi connectivity index (χ3n) is 3.30. The minimum Gasteiger partial charge on any atom is -0.454 e. The Morgan fingerprint density at radius 2 is 2.00 bits per heavy atom. The van der Waals surface area contributed by atoms with E-state index in [2.05, 4.69) is 21.9 Å². The second-order valence-corrected chi connectivity index (χ2v) is 4.79. The lowest BCUT2D eigenvalue weighted by Crippen LogP contribution is -2.01. The molecular formula is C15H16N4O. The molecule has 3 heterocycles. The lowest BCUT2D eigenvalue weighted by atomic mass is 10.1. The van der Waals surface area contributed by atoms with Crippen LogP contribution in [0.5, 0.6) is 0 Å². The van der Waals surface area contributed by atoms with E-state index in [0.29, 0.717) is 17.4 Å². The fraction of sp³-hybridized carbons (Fsp3) is 0.267. The first-order chi connectivity index (χ1) is 9.58. The number of nitrogens with two attached hydrogens (primary N) is 1. The number of anilines is 1. The molecule has 0 amide bonds. The molecule has 0 bridgehead atoms. The number of hydrogen-bond acceptors (Lipinski definition) is 5. The van der Waals surface area contributed by atoms with Gasteiger partial charge in [-0.2, -0.15) is 0 Å². The maximum atomic E-state index is 6.01. The quantitative estimate of drug-likeness (QED) is 0.772. The second-order valence-electron chi connectivity index (χ2n) is 4.79. The van der Waals surface area contributed by atoms with Crippen molar-refractivity contribution in [3.63, 3.8) is 0 Å². The van der Waals surface area contributed by atoms with Gasteiger partial charge in [-0.3, -0.25) is 4.98 Å². The molecule has 102 valence electrons. The molecule has 0 saturated carbocycles. The second kappa shape index (κ2) is 4.59. The highest BCUT2D eigenvalue weighted by Gasteiger charge is 2.15. The van der Waals surface area contributed by atoms with E-state index in [-0.39, 0.29) is 0 Å². The van der Waals surface area contributed by atoms with E-state index in [1.54, 1.807) is 6.20 Å². The van der Waals surface area contributed by atoms with Crippen molar-refractivity contribution in [2.75, 3.05) is 5.73 Å². The van der Waals surface area contributed by atoms with Crippen molar-refractivity contribution in [2.24, 2.45) is 0 Å². The molecule has 3 aromatic rings. The van der Waals surface area contributed by atoms with Crippen LogP contribution in [0, 0.1) is 13.8 Å². The predicted octanol–water partition coefficient (Wildman–Crippen LogP) is 3.05. The van der Waals surface area contributed by atoms with Crippen molar-refractivity contribution >= 4 is 16.8 Å². The van der Waals surface area contributed by atoms with Crippen molar-refractivity contribution in [1.29, 1.82) is 0 Å². The maximum absolute atomic E-state index is 6.01. The van der Waals surface area contributed by atoms with Gasteiger partial charge in [0.25, 0.3) is 0 Å². The van der Waals surface area contributed by atoms with Gasteiger partial charge in [-0.25, -0.2) is 9.97 Å². The first-order valence-corrected chi connectivity index (χ1v) is 6.58. The summed E-state index contributed by atoms with van der Waals surface area (Å²) in [5.74, 6) is 1.79. The number of aryl methyl sites for hydroxylation is 3. The van der Waals surface area contributed by atoms with E-state index < -0.39 is 0 Å². The lowest BCUT2D eigenvalue weighted by Gasteiger charge is -2.05. The van der Waals surface area contributed by atoms with Crippen LogP contribution in [0.4, 0.5) is 5.82 Å². The summed E-state index contributed by atoms with van der Waals surface area (Å²) in [6, 6.07) is 4.00. The van der Waals surface area contributed by atoms with Crippen molar-refractivity contribution in [3.8, 4) is 11.3 Å². The van der Waals surface area contributed by atoms with Crippen LogP contribution in [-0.2, 0) is 6.42 Å². The first-order valence-electron chi connectivity index (χ1n) is 6.58. The number of pyridine rings is 1. The van der Waals surface area contributed by atoms with Gasteiger partial charge in [-0.15, -0.1) is 0 Å². The molecule has 0 spiro atoms. The highest BCUT2D eigenvalue weighted by atomic mass is 16.3. The van der Waals surface area contributed by atoms with Gasteiger partial charge < -0.3 is 10.2 Å². The van der Waals surface area contributed by atoms with Gasteiger partial charge in [0.15, 0.2) is 5.58 Å². The van der Waals surface area contributed by atoms with Crippen molar-refractivity contribution in [2.45, 2.75) is 27.2 Å². The van der Waals surface area contributed by atoms with Crippen LogP contribution in [0.3, 0.4) is 0 Å². The summed E-state index contributed by atoms with van der Waals surface area (Å²) < 4.78 is 5.83. The van der Waals surface area contributed by atoms with Crippen molar-refractivity contribution in [3.05, 3.63) is 35.5 Å². The first kappa shape index (κ1) is 12.6. The van der Waals surface area contributed by atoms with E-state index in [1.165, 1.54) is 0 Å². The average Bonchev–Trinajstić information content (AvgIpc) is 2.79. The van der Waals surface area contributed by atoms with Crippen LogP contribution in [0.25, 0.3) is 22.3 Å². The standard InChI is InChI=1S/C15H16N4O/c1-4-11-5-10-6-12(20-13(10)7-17-11)14-8(2)18-9(3)19-15(14)16/h5-7H,4H2,1-3H3,(H2,16,18,19). The molecule has 0 aliphatic carbocycles. The Kier molecular flexibility index (Phi) is 2.89. The third-order valence-corrected chi connectivity index (χ3v) is 3.30. The van der Waals surface area contributed by atoms with Crippen LogP contribution in [0.15, 0.2) is 22.7 Å². The molecule has 0 fully saturated rings. The lowest BCUT2D eigenvalue weighted by molar-refractivity contribution is 0.628. The van der Waals surface area contributed by atoms with Gasteiger partial charge >= 0.3 is 0 Å². The number of nitrogen functional groups attached to an aromatic ring is 1. The molecule has 0 unspecified atom stereocenters. The van der Waals surface area contributed by atoms with Gasteiger partial charge in [-0.1, -0.05) is 6.92 Å². The Labute approximate surface area is 116 Å². The molecule has 0 aliphatic rings. The number of nitrogens with zero attached hydrogens (tertiary/aromatic N) is 3. The Morgan fingerprint density at radius 3 is 2.70 bits per heavy atom. The highest BCUT2D eigenvalue weighted by Crippen LogP contribution is 2.32. The molecule has 5 nitrogen and oxygen atoms in total. The molecule has 3 rings (SSSR count). The zero-order valence-electron chi connectivity index (χ0n) is 11.8. The monoisotopic (exact) mass is 268 g/mol. The summed E-state index contributed by atoms with van der Waals surface area (Å²) in [5, 5.41) is 1.02. The SMILES string of the molecule is CCc1cc2cc(-c3c(C)nc(C)nc3N)oc2cn1. The van der Waals surface area contributed by atoms with Gasteiger partial charge in [0.2, 0.25) is 0 Å². The summed E-state index contributed by atoms with van der Waals surface area (Å²) >= 11 is 0. The topological polar surface area (TPSA) is 77.8 Å². The summed E-state index contributed by atoms with van der Waals surface area (Å²) in [7, 11) is 0. The van der Waals surface area contributed by atoms with Gasteiger partial charge in [-0.05, 0) is 32.4 Å². The molecule has 0 aromatic carbocycles. The Morgan fingerprint density at radius 1 is 1.20 bits per heavy atom. The third kappa shape index (κ3) is 2.01. The number of aromatic nitrogens is 3. The number of fused-ring (bicyclic) bond motifs is 1. The summed E-state index contributed by atoms with van der Waals surface area (Å²) in [6.45, 7) is 5.80. The minimum absolute atomic E-state index is 0.442. The maximum Gasteiger partial charge on any atom is 0.153 e. The molecule has 0 atom stereocenters. The Balaban J connectivity index is 2.20. The molecule has 20 heavy (non-hydrogen) atoms. The van der Waals surface area contributed by atoms with Gasteiger partial charge in [0.1, 0.15) is 17.4 Å². The van der Waals surface area contributed by atoms with E-state index in [0.717, 1.165) is 34.3 Å². The minimum atomic E-state index is 0.442. The summed E-state index contributed by atoms with van der Waals surface area (Å²) in [4.78, 5) is 12.9. The molecule has 0 radical (unpaired) electrons. The zero-order valence-corrected chi connectivity index (χ0v) is 11.8. The van der Waals surface area contributed by atoms with E-state index in [4.69, 9.17) is 10.2 Å². The number of hydrogen-bond donors (Lipinski definition) is 1. The van der Waals surface area contributed by atoms with Gasteiger partial charge in [0.05, 0.1) is 17.5 Å². The predicted molar refractivity (Wildman–Crippen MR) is 78.3 cm³/mol. The molecule has 0 aliphatic heterocycles. The summed E-state index contributed by atoms with van der Waals surface area (Å²) in [5.41, 5.74) is 9.36. The zero-order chi connectivity index (χ0) is 14.3. The van der Waals surface area contributed by atoms with E-state index >= 15 is 0 Å². The smallest absolute Gasteiger partial charge is 0.153 e. The molecule has 3 aromatic heterocycles. The molecular weight excluding hydrogens is 252 g/mol. The van der Waals surface area contributed by atoms with Crippen LogP contribution >= 0.6 is 0 Å². The van der Waals surface area contributed by atoms with Crippen LogP contribution in [0.2, 0.25) is 0 Å². The molecule has 5 heteroatoms. The molecule has 2 N–H and O–H groups in total. The van der Waals surface area contributed by atoms with E-state index in [1.807, 2.05) is 26.0 Å². The normalized spacial score (nSPS) is 11.2. The van der Waals surface area contributed by atoms with Crippen molar-refractivity contribution < 1.29 is 4.42 Å². The average molecular weight is 268 g/mol. The fourth-order valence-electron chi connectivity index (χ4n) is 2.35. The fourth-order valence-corrected chi connectivity index (χ4v) is 2.35. The van der Waals surface area contributed by atoms with Crippen LogP contribution in [0.1, 0.15) is 24.1 Å². The number of rotatable bonds is 2. The largest absolute Gasteiger partial charge is 0.454 e. The van der Waals surface area contributed by atoms with Crippen LogP contribution in [-0.4, -0.2) is 15.0 Å². The van der Waals surface area contributed by atoms with Crippen LogP contribution < -0.4 is 5.73 Å². The van der Waals surface area contributed by atoms with Crippen molar-refractivity contribution in [1.82, 2.24) is 15.0 Å². The summed E-state index contributed by atoms with van der Waals surface area (Å²) in [6.07, 6.45) is 2.64. The Bertz CT molecular complexity index is 769. The van der Waals surface area contributed by atoms with Gasteiger partial charge in [0, 0.05) is 11.1 Å². The Hall–Kier alpha value is -2.43. The van der Waals surface area contributed by atoms with E-state index in [9.17, 15) is 0 Å². The molecule has 0 saturated heterocycles. The highest BCUT2D eigenvalue weighted by molar-refractivity contribution is 5.85. The number of furan rings is 1.